The first-order valence-corrected chi connectivity index (χ1v) is 8.82. The summed E-state index contributed by atoms with van der Waals surface area (Å²) < 4.78 is 35.1. The SMILES string of the molecule is Fc1ccc(CN2C[C@@H]3[C@@H](C2)OCc2c(-c4ccccc4F)nnn23)cn1. The van der Waals surface area contributed by atoms with Gasteiger partial charge in [-0.25, -0.2) is 14.1 Å². The number of aromatic nitrogens is 4. The molecule has 8 heteroatoms. The van der Waals surface area contributed by atoms with Gasteiger partial charge in [-0.05, 0) is 23.8 Å². The molecule has 4 heterocycles. The molecule has 0 spiro atoms. The maximum absolute atomic E-state index is 14.2. The number of nitrogens with zero attached hydrogens (tertiary/aromatic N) is 5. The molecule has 0 radical (unpaired) electrons. The lowest BCUT2D eigenvalue weighted by Gasteiger charge is -2.26. The van der Waals surface area contributed by atoms with Crippen LogP contribution in [0.4, 0.5) is 8.78 Å². The van der Waals surface area contributed by atoms with Crippen LogP contribution in [0.15, 0.2) is 42.6 Å². The van der Waals surface area contributed by atoms with Crippen LogP contribution in [-0.2, 0) is 17.9 Å². The van der Waals surface area contributed by atoms with Gasteiger partial charge < -0.3 is 4.74 Å². The lowest BCUT2D eigenvalue weighted by atomic mass is 10.1. The molecular weight excluding hydrogens is 352 g/mol. The van der Waals surface area contributed by atoms with Crippen LogP contribution in [0.5, 0.6) is 0 Å². The van der Waals surface area contributed by atoms with E-state index in [1.54, 1.807) is 30.5 Å². The van der Waals surface area contributed by atoms with Crippen molar-refractivity contribution in [2.75, 3.05) is 13.1 Å². The Hall–Kier alpha value is -2.71. The third-order valence-corrected chi connectivity index (χ3v) is 5.18. The summed E-state index contributed by atoms with van der Waals surface area (Å²) >= 11 is 0. The number of hydrogen-bond donors (Lipinski definition) is 0. The number of benzene rings is 1. The average molecular weight is 369 g/mol. The number of ether oxygens (including phenoxy) is 1. The van der Waals surface area contributed by atoms with Crippen LogP contribution in [0.25, 0.3) is 11.3 Å². The number of halogens is 2. The van der Waals surface area contributed by atoms with E-state index < -0.39 is 5.95 Å². The van der Waals surface area contributed by atoms with Gasteiger partial charge in [-0.15, -0.1) is 5.10 Å². The Morgan fingerprint density at radius 3 is 2.81 bits per heavy atom. The van der Waals surface area contributed by atoms with Crippen molar-refractivity contribution in [1.82, 2.24) is 24.9 Å². The van der Waals surface area contributed by atoms with E-state index >= 15 is 0 Å². The molecule has 1 fully saturated rings. The zero-order valence-electron chi connectivity index (χ0n) is 14.4. The maximum atomic E-state index is 14.2. The minimum atomic E-state index is -0.481. The molecule has 0 aliphatic carbocycles. The summed E-state index contributed by atoms with van der Waals surface area (Å²) in [7, 11) is 0. The van der Waals surface area contributed by atoms with Crippen molar-refractivity contribution in [3.8, 4) is 11.3 Å². The standard InChI is InChI=1S/C19H17F2N5O/c20-14-4-2-1-3-13(14)19-16-11-27-17-10-25(9-15(17)26(16)24-23-19)8-12-5-6-18(21)22-7-12/h1-7,15,17H,8-11H2/t15-,17-/m1/s1. The number of rotatable bonds is 3. The quantitative estimate of drug-likeness (QED) is 0.664. The predicted molar refractivity (Wildman–Crippen MR) is 92.5 cm³/mol. The molecule has 1 saturated heterocycles. The van der Waals surface area contributed by atoms with Gasteiger partial charge in [0.15, 0.2) is 0 Å². The van der Waals surface area contributed by atoms with Crippen LogP contribution < -0.4 is 0 Å². The molecular formula is C19H17F2N5O. The Labute approximate surface area is 154 Å². The molecule has 1 aromatic carbocycles. The molecule has 27 heavy (non-hydrogen) atoms. The van der Waals surface area contributed by atoms with Gasteiger partial charge in [0.25, 0.3) is 0 Å². The topological polar surface area (TPSA) is 56.1 Å². The van der Waals surface area contributed by atoms with E-state index in [0.717, 1.165) is 24.3 Å². The van der Waals surface area contributed by atoms with Crippen molar-refractivity contribution in [3.63, 3.8) is 0 Å². The molecule has 0 saturated carbocycles. The third kappa shape index (κ3) is 2.90. The van der Waals surface area contributed by atoms with Crippen LogP contribution in [-0.4, -0.2) is 44.1 Å². The third-order valence-electron chi connectivity index (χ3n) is 5.18. The molecule has 3 aromatic rings. The van der Waals surface area contributed by atoms with Crippen LogP contribution in [0.2, 0.25) is 0 Å². The van der Waals surface area contributed by atoms with E-state index in [4.69, 9.17) is 4.74 Å². The van der Waals surface area contributed by atoms with Gasteiger partial charge in [0.05, 0.1) is 24.4 Å². The zero-order chi connectivity index (χ0) is 18.4. The van der Waals surface area contributed by atoms with Gasteiger partial charge in [0.1, 0.15) is 11.5 Å². The summed E-state index contributed by atoms with van der Waals surface area (Å²) in [5, 5.41) is 8.53. The molecule has 2 aromatic heterocycles. The highest BCUT2D eigenvalue weighted by molar-refractivity contribution is 5.62. The number of hydrogen-bond acceptors (Lipinski definition) is 5. The van der Waals surface area contributed by atoms with Crippen LogP contribution >= 0.6 is 0 Å². The maximum Gasteiger partial charge on any atom is 0.212 e. The zero-order valence-corrected chi connectivity index (χ0v) is 14.4. The summed E-state index contributed by atoms with van der Waals surface area (Å²) in [6.07, 6.45) is 1.55. The average Bonchev–Trinajstić information content (AvgIpc) is 3.27. The van der Waals surface area contributed by atoms with Gasteiger partial charge in [0.2, 0.25) is 5.95 Å². The van der Waals surface area contributed by atoms with Crippen molar-refractivity contribution in [2.45, 2.75) is 25.3 Å². The minimum Gasteiger partial charge on any atom is -0.368 e. The van der Waals surface area contributed by atoms with Crippen molar-refractivity contribution < 1.29 is 13.5 Å². The monoisotopic (exact) mass is 369 g/mol. The fraction of sp³-hybridized carbons (Fsp3) is 0.316. The Morgan fingerprint density at radius 2 is 2.00 bits per heavy atom. The fourth-order valence-corrected chi connectivity index (χ4v) is 3.88. The highest BCUT2D eigenvalue weighted by atomic mass is 19.1. The second kappa shape index (κ2) is 6.47. The van der Waals surface area contributed by atoms with Gasteiger partial charge in [-0.3, -0.25) is 4.90 Å². The Kier molecular flexibility index (Phi) is 3.95. The molecule has 5 rings (SSSR count). The molecule has 138 valence electrons. The van der Waals surface area contributed by atoms with Crippen molar-refractivity contribution in [3.05, 3.63) is 65.6 Å². The second-order valence-electron chi connectivity index (χ2n) is 6.91. The van der Waals surface area contributed by atoms with E-state index in [9.17, 15) is 8.78 Å². The molecule has 0 amide bonds. The second-order valence-corrected chi connectivity index (χ2v) is 6.91. The summed E-state index contributed by atoms with van der Waals surface area (Å²) in [5.41, 5.74) is 2.72. The van der Waals surface area contributed by atoms with Gasteiger partial charge >= 0.3 is 0 Å². The van der Waals surface area contributed by atoms with Crippen molar-refractivity contribution in [2.24, 2.45) is 0 Å². The molecule has 6 nitrogen and oxygen atoms in total. The normalized spacial score (nSPS) is 21.9. The molecule has 2 atom stereocenters. The van der Waals surface area contributed by atoms with Crippen LogP contribution in [0.3, 0.4) is 0 Å². The largest absolute Gasteiger partial charge is 0.368 e. The van der Waals surface area contributed by atoms with Crippen molar-refractivity contribution in [1.29, 1.82) is 0 Å². The molecule has 0 bridgehead atoms. The summed E-state index contributed by atoms with van der Waals surface area (Å²) in [5.74, 6) is -0.801. The summed E-state index contributed by atoms with van der Waals surface area (Å²) in [6, 6.07) is 9.69. The molecule has 0 unspecified atom stereocenters. The van der Waals surface area contributed by atoms with Crippen LogP contribution in [0.1, 0.15) is 17.3 Å². The minimum absolute atomic E-state index is 0.000998. The van der Waals surface area contributed by atoms with Crippen LogP contribution in [0, 0.1) is 11.8 Å². The van der Waals surface area contributed by atoms with E-state index in [2.05, 4.69) is 20.2 Å². The smallest absolute Gasteiger partial charge is 0.212 e. The fourth-order valence-electron chi connectivity index (χ4n) is 3.88. The Morgan fingerprint density at radius 1 is 1.11 bits per heavy atom. The van der Waals surface area contributed by atoms with Gasteiger partial charge in [-0.2, -0.15) is 4.39 Å². The number of pyridine rings is 1. The lowest BCUT2D eigenvalue weighted by Crippen LogP contribution is -2.32. The first-order valence-electron chi connectivity index (χ1n) is 8.82. The van der Waals surface area contributed by atoms with E-state index in [0.29, 0.717) is 24.4 Å². The number of fused-ring (bicyclic) bond motifs is 3. The first kappa shape index (κ1) is 16.5. The Balaban J connectivity index is 1.39. The van der Waals surface area contributed by atoms with Crippen molar-refractivity contribution >= 4 is 0 Å². The van der Waals surface area contributed by atoms with Gasteiger partial charge in [-0.1, -0.05) is 23.4 Å². The Bertz CT molecular complexity index is 974. The van der Waals surface area contributed by atoms with Gasteiger partial charge in [0, 0.05) is 31.4 Å². The predicted octanol–water partition coefficient (Wildman–Crippen LogP) is 2.57. The number of likely N-dealkylation sites (tertiary alicyclic amines) is 1. The highest BCUT2D eigenvalue weighted by Gasteiger charge is 2.40. The van der Waals surface area contributed by atoms with E-state index in [1.165, 1.54) is 12.1 Å². The van der Waals surface area contributed by atoms with E-state index in [-0.39, 0.29) is 18.0 Å². The summed E-state index contributed by atoms with van der Waals surface area (Å²) in [4.78, 5) is 5.93. The summed E-state index contributed by atoms with van der Waals surface area (Å²) in [6.45, 7) is 2.49. The molecule has 2 aliphatic rings. The van der Waals surface area contributed by atoms with E-state index in [1.807, 2.05) is 4.68 Å². The first-order chi connectivity index (χ1) is 13.2. The molecule has 0 N–H and O–H groups in total. The molecule has 2 aliphatic heterocycles. The lowest BCUT2D eigenvalue weighted by molar-refractivity contribution is -0.00495. The highest BCUT2D eigenvalue weighted by Crippen LogP contribution is 2.35.